The molecule has 0 radical (unpaired) electrons. The molecule has 0 aliphatic heterocycles. The van der Waals surface area contributed by atoms with Crippen molar-refractivity contribution >= 4 is 22.9 Å². The van der Waals surface area contributed by atoms with Gasteiger partial charge in [0.15, 0.2) is 5.65 Å². The first-order valence-corrected chi connectivity index (χ1v) is 10.2. The predicted octanol–water partition coefficient (Wildman–Crippen LogP) is 3.84. The summed E-state index contributed by atoms with van der Waals surface area (Å²) in [7, 11) is 0. The Morgan fingerprint density at radius 2 is 1.83 bits per heavy atom. The van der Waals surface area contributed by atoms with E-state index in [1.54, 1.807) is 29.3 Å². The lowest BCUT2D eigenvalue weighted by Gasteiger charge is -2.05. The van der Waals surface area contributed by atoms with Gasteiger partial charge in [0.05, 0.1) is 24.1 Å². The molecule has 1 N–H and O–H groups in total. The molecule has 8 heteroatoms. The number of nitrogens with zero attached hydrogens (tertiary/aromatic N) is 5. The molecule has 0 atom stereocenters. The first-order valence-electron chi connectivity index (χ1n) is 9.31. The molecule has 4 heterocycles. The van der Waals surface area contributed by atoms with Crippen LogP contribution in [0.4, 0.5) is 0 Å². The molecule has 30 heavy (non-hydrogen) atoms. The monoisotopic (exact) mass is 412 g/mol. The van der Waals surface area contributed by atoms with Gasteiger partial charge in [-0.2, -0.15) is 5.10 Å². The molecule has 7 nitrogen and oxygen atoms in total. The Bertz CT molecular complexity index is 1310. The van der Waals surface area contributed by atoms with Gasteiger partial charge in [-0.15, -0.1) is 11.3 Å². The van der Waals surface area contributed by atoms with Gasteiger partial charge >= 0.3 is 0 Å². The van der Waals surface area contributed by atoms with Crippen LogP contribution in [0.3, 0.4) is 0 Å². The fourth-order valence-corrected chi connectivity index (χ4v) is 3.92. The van der Waals surface area contributed by atoms with E-state index in [-0.39, 0.29) is 5.91 Å². The van der Waals surface area contributed by atoms with Crippen LogP contribution < -0.4 is 5.32 Å². The highest BCUT2D eigenvalue weighted by Crippen LogP contribution is 2.22. The molecule has 1 amide bonds. The Morgan fingerprint density at radius 3 is 2.67 bits per heavy atom. The standard InChI is InChI=1S/C22H16N6OS/c29-22(25-13-20-27-18(14-30-20)15-6-9-23-10-7-15)17-12-26-28-19(8-11-24-21(17)28)16-4-2-1-3-5-16/h1-12,14H,13H2,(H,25,29). The summed E-state index contributed by atoms with van der Waals surface area (Å²) in [4.78, 5) is 25.8. The molecule has 0 aliphatic rings. The van der Waals surface area contributed by atoms with Crippen LogP contribution in [0.25, 0.3) is 28.2 Å². The van der Waals surface area contributed by atoms with E-state index >= 15 is 0 Å². The van der Waals surface area contributed by atoms with E-state index in [1.807, 2.05) is 53.9 Å². The van der Waals surface area contributed by atoms with Crippen molar-refractivity contribution in [3.8, 4) is 22.5 Å². The maximum absolute atomic E-state index is 12.8. The number of carbonyl (C=O) groups excluding carboxylic acids is 1. The topological polar surface area (TPSA) is 85.1 Å². The van der Waals surface area contributed by atoms with Crippen molar-refractivity contribution in [1.82, 2.24) is 29.9 Å². The maximum atomic E-state index is 12.8. The highest BCUT2D eigenvalue weighted by atomic mass is 32.1. The van der Waals surface area contributed by atoms with E-state index in [4.69, 9.17) is 0 Å². The van der Waals surface area contributed by atoms with Crippen molar-refractivity contribution in [2.75, 3.05) is 0 Å². The van der Waals surface area contributed by atoms with Crippen LogP contribution in [0.15, 0.2) is 78.7 Å². The van der Waals surface area contributed by atoms with E-state index < -0.39 is 0 Å². The minimum absolute atomic E-state index is 0.233. The third-order valence-corrected chi connectivity index (χ3v) is 5.49. The van der Waals surface area contributed by atoms with E-state index in [2.05, 4.69) is 25.4 Å². The molecule has 146 valence electrons. The number of hydrogen-bond acceptors (Lipinski definition) is 6. The number of nitrogens with one attached hydrogen (secondary N) is 1. The van der Waals surface area contributed by atoms with Crippen LogP contribution in [0.5, 0.6) is 0 Å². The van der Waals surface area contributed by atoms with Crippen molar-refractivity contribution in [1.29, 1.82) is 0 Å². The smallest absolute Gasteiger partial charge is 0.257 e. The van der Waals surface area contributed by atoms with Gasteiger partial charge in [0.2, 0.25) is 0 Å². The molecular formula is C22H16N6OS. The second kappa shape index (κ2) is 7.84. The molecule has 0 spiro atoms. The van der Waals surface area contributed by atoms with Crippen molar-refractivity contribution in [2.24, 2.45) is 0 Å². The predicted molar refractivity (Wildman–Crippen MR) is 115 cm³/mol. The van der Waals surface area contributed by atoms with Gasteiger partial charge in [-0.05, 0) is 18.2 Å². The average Bonchev–Trinajstić information content (AvgIpc) is 3.46. The van der Waals surface area contributed by atoms with Crippen molar-refractivity contribution in [2.45, 2.75) is 6.54 Å². The van der Waals surface area contributed by atoms with Gasteiger partial charge in [-0.3, -0.25) is 9.78 Å². The second-order valence-corrected chi connectivity index (χ2v) is 7.48. The van der Waals surface area contributed by atoms with E-state index in [0.717, 1.165) is 27.5 Å². The summed E-state index contributed by atoms with van der Waals surface area (Å²) >= 11 is 1.50. The van der Waals surface area contributed by atoms with Crippen LogP contribution in [0.2, 0.25) is 0 Å². The summed E-state index contributed by atoms with van der Waals surface area (Å²) in [6.07, 6.45) is 6.71. The third kappa shape index (κ3) is 3.44. The molecule has 5 aromatic rings. The molecular weight excluding hydrogens is 396 g/mol. The number of benzene rings is 1. The minimum atomic E-state index is -0.233. The van der Waals surface area contributed by atoms with Crippen LogP contribution in [-0.4, -0.2) is 30.5 Å². The van der Waals surface area contributed by atoms with E-state index in [0.29, 0.717) is 17.8 Å². The molecule has 0 saturated heterocycles. The number of hydrogen-bond donors (Lipinski definition) is 1. The Labute approximate surface area is 176 Å². The number of pyridine rings is 1. The van der Waals surface area contributed by atoms with Gasteiger partial charge in [0.25, 0.3) is 5.91 Å². The fourth-order valence-electron chi connectivity index (χ4n) is 3.18. The number of aromatic nitrogens is 5. The Hall–Kier alpha value is -3.91. The Kier molecular flexibility index (Phi) is 4.74. The number of thiazole rings is 1. The molecule has 4 aromatic heterocycles. The molecule has 0 bridgehead atoms. The van der Waals surface area contributed by atoms with Crippen molar-refractivity contribution in [3.05, 3.63) is 89.3 Å². The molecule has 0 fully saturated rings. The molecule has 0 saturated carbocycles. The largest absolute Gasteiger partial charge is 0.345 e. The first-order chi connectivity index (χ1) is 14.8. The van der Waals surface area contributed by atoms with Gasteiger partial charge in [-0.25, -0.2) is 14.5 Å². The normalized spacial score (nSPS) is 10.9. The lowest BCUT2D eigenvalue weighted by Crippen LogP contribution is -2.22. The zero-order chi connectivity index (χ0) is 20.3. The Morgan fingerprint density at radius 1 is 1.00 bits per heavy atom. The lowest BCUT2D eigenvalue weighted by molar-refractivity contribution is 0.0952. The summed E-state index contributed by atoms with van der Waals surface area (Å²) < 4.78 is 1.69. The fraction of sp³-hybridized carbons (Fsp3) is 0.0455. The summed E-state index contributed by atoms with van der Waals surface area (Å²) in [5.41, 5.74) is 4.70. The van der Waals surface area contributed by atoms with Crippen LogP contribution in [-0.2, 0) is 6.54 Å². The zero-order valence-electron chi connectivity index (χ0n) is 15.8. The van der Waals surface area contributed by atoms with E-state index in [1.165, 1.54) is 11.3 Å². The second-order valence-electron chi connectivity index (χ2n) is 6.53. The molecule has 1 aromatic carbocycles. The summed E-state index contributed by atoms with van der Waals surface area (Å²) in [5.74, 6) is -0.233. The number of amides is 1. The van der Waals surface area contributed by atoms with Gasteiger partial charge in [0, 0.05) is 35.1 Å². The Balaban J connectivity index is 1.35. The first kappa shape index (κ1) is 18.1. The molecule has 0 aliphatic carbocycles. The van der Waals surface area contributed by atoms with Gasteiger partial charge in [-0.1, -0.05) is 30.3 Å². The van der Waals surface area contributed by atoms with Gasteiger partial charge in [0.1, 0.15) is 10.6 Å². The van der Waals surface area contributed by atoms with Crippen molar-refractivity contribution in [3.63, 3.8) is 0 Å². The highest BCUT2D eigenvalue weighted by Gasteiger charge is 2.16. The maximum Gasteiger partial charge on any atom is 0.257 e. The SMILES string of the molecule is O=C(NCc1nc(-c2ccncc2)cs1)c1cnn2c(-c3ccccc3)ccnc12. The number of carbonyl (C=O) groups is 1. The minimum Gasteiger partial charge on any atom is -0.345 e. The lowest BCUT2D eigenvalue weighted by atomic mass is 10.1. The highest BCUT2D eigenvalue weighted by molar-refractivity contribution is 7.09. The summed E-state index contributed by atoms with van der Waals surface area (Å²) in [5, 5.41) is 10.1. The van der Waals surface area contributed by atoms with Crippen molar-refractivity contribution < 1.29 is 4.79 Å². The van der Waals surface area contributed by atoms with E-state index in [9.17, 15) is 4.79 Å². The average molecular weight is 412 g/mol. The number of fused-ring (bicyclic) bond motifs is 1. The molecule has 0 unspecified atom stereocenters. The number of rotatable bonds is 5. The van der Waals surface area contributed by atoms with Crippen LogP contribution >= 0.6 is 11.3 Å². The van der Waals surface area contributed by atoms with Crippen LogP contribution in [0, 0.1) is 0 Å². The van der Waals surface area contributed by atoms with Crippen LogP contribution in [0.1, 0.15) is 15.4 Å². The summed E-state index contributed by atoms with van der Waals surface area (Å²) in [6, 6.07) is 15.6. The quantitative estimate of drug-likeness (QED) is 0.474. The van der Waals surface area contributed by atoms with Gasteiger partial charge < -0.3 is 5.32 Å². The zero-order valence-corrected chi connectivity index (χ0v) is 16.6. The molecule has 5 rings (SSSR count). The summed E-state index contributed by atoms with van der Waals surface area (Å²) in [6.45, 7) is 0.338. The third-order valence-electron chi connectivity index (χ3n) is 4.64.